The molecule has 30 heavy (non-hydrogen) atoms. The molecule has 0 spiro atoms. The predicted octanol–water partition coefficient (Wildman–Crippen LogP) is 2.92. The van der Waals surface area contributed by atoms with Crippen molar-refractivity contribution in [3.63, 3.8) is 0 Å². The van der Waals surface area contributed by atoms with E-state index < -0.39 is 0 Å². The fourth-order valence-electron chi connectivity index (χ4n) is 4.07. The first-order valence-corrected chi connectivity index (χ1v) is 11.4. The van der Waals surface area contributed by atoms with E-state index in [1.807, 2.05) is 33.2 Å². The van der Waals surface area contributed by atoms with E-state index >= 15 is 0 Å². The number of carbonyl (C=O) groups is 1. The number of carbonyl (C=O) groups excluding carboxylic acids is 1. The number of thiazole rings is 1. The number of benzene rings is 1. The lowest BCUT2D eigenvalue weighted by atomic mass is 10.00. The second-order valence-corrected chi connectivity index (χ2v) is 8.77. The largest absolute Gasteiger partial charge is 0.381 e. The second-order valence-electron chi connectivity index (χ2n) is 7.83. The molecule has 1 amide bonds. The number of ether oxygens (including phenoxy) is 1. The average Bonchev–Trinajstić information content (AvgIpc) is 3.37. The van der Waals surface area contributed by atoms with Gasteiger partial charge in [-0.2, -0.15) is 5.10 Å². The van der Waals surface area contributed by atoms with Crippen LogP contribution in [-0.2, 0) is 24.1 Å². The van der Waals surface area contributed by atoms with Crippen LogP contribution in [0.4, 0.5) is 0 Å². The van der Waals surface area contributed by atoms with Crippen molar-refractivity contribution in [3.05, 3.63) is 63.6 Å². The highest BCUT2D eigenvalue weighted by atomic mass is 32.1. The van der Waals surface area contributed by atoms with Gasteiger partial charge in [0.15, 0.2) is 5.82 Å². The second kappa shape index (κ2) is 8.65. The third-order valence-electron chi connectivity index (χ3n) is 5.79. The zero-order valence-electron chi connectivity index (χ0n) is 16.9. The normalized spacial score (nSPS) is 17.5. The number of aromatic nitrogens is 4. The van der Waals surface area contributed by atoms with Gasteiger partial charge in [-0.25, -0.2) is 14.6 Å². The molecule has 2 aliphatic heterocycles. The number of hydrogen-bond acceptors (Lipinski definition) is 6. The molecular weight excluding hydrogens is 398 g/mol. The van der Waals surface area contributed by atoms with Gasteiger partial charge in [-0.05, 0) is 18.4 Å². The number of rotatable bonds is 4. The van der Waals surface area contributed by atoms with Gasteiger partial charge >= 0.3 is 0 Å². The van der Waals surface area contributed by atoms with Crippen molar-refractivity contribution in [2.45, 2.75) is 38.1 Å². The molecule has 3 aromatic rings. The summed E-state index contributed by atoms with van der Waals surface area (Å²) in [5, 5.41) is 7.60. The molecular formula is C22H25N5O2S. The van der Waals surface area contributed by atoms with Crippen molar-refractivity contribution in [1.82, 2.24) is 24.6 Å². The van der Waals surface area contributed by atoms with Crippen molar-refractivity contribution in [2.75, 3.05) is 26.3 Å². The van der Waals surface area contributed by atoms with Crippen LogP contribution in [0.3, 0.4) is 0 Å². The predicted molar refractivity (Wildman–Crippen MR) is 114 cm³/mol. The van der Waals surface area contributed by atoms with Crippen LogP contribution < -0.4 is 0 Å². The first-order valence-electron chi connectivity index (χ1n) is 10.6. The summed E-state index contributed by atoms with van der Waals surface area (Å²) in [6.45, 7) is 3.54. The molecule has 1 saturated heterocycles. The highest BCUT2D eigenvalue weighted by Crippen LogP contribution is 2.25. The molecule has 7 nitrogen and oxygen atoms in total. The van der Waals surface area contributed by atoms with Gasteiger partial charge in [-0.3, -0.25) is 4.79 Å². The van der Waals surface area contributed by atoms with Gasteiger partial charge in [0, 0.05) is 50.4 Å². The summed E-state index contributed by atoms with van der Waals surface area (Å²) in [6, 6.07) is 10.2. The molecule has 0 radical (unpaired) electrons. The third-order valence-corrected chi connectivity index (χ3v) is 6.64. The van der Waals surface area contributed by atoms with Crippen LogP contribution in [0.5, 0.6) is 0 Å². The minimum Gasteiger partial charge on any atom is -0.381 e. The van der Waals surface area contributed by atoms with Crippen molar-refractivity contribution >= 4 is 17.2 Å². The monoisotopic (exact) mass is 423 g/mol. The Morgan fingerprint density at radius 3 is 2.77 bits per heavy atom. The molecule has 5 rings (SSSR count). The molecule has 4 heterocycles. The molecule has 0 N–H and O–H groups in total. The molecule has 0 saturated carbocycles. The minimum atomic E-state index is 0.000896. The molecule has 1 fully saturated rings. The number of nitrogens with zero attached hydrogens (tertiary/aromatic N) is 5. The maximum absolute atomic E-state index is 13.0. The summed E-state index contributed by atoms with van der Waals surface area (Å²) in [7, 11) is 0. The summed E-state index contributed by atoms with van der Waals surface area (Å²) in [5.41, 5.74) is 1.75. The smallest absolute Gasteiger partial charge is 0.273 e. The average molecular weight is 424 g/mol. The summed E-state index contributed by atoms with van der Waals surface area (Å²) in [4.78, 5) is 24.3. The van der Waals surface area contributed by atoms with E-state index in [4.69, 9.17) is 14.8 Å². The van der Waals surface area contributed by atoms with E-state index in [1.54, 1.807) is 11.3 Å². The highest BCUT2D eigenvalue weighted by Gasteiger charge is 2.26. The number of hydrogen-bond donors (Lipinski definition) is 0. The summed E-state index contributed by atoms with van der Waals surface area (Å²) >= 11 is 1.55. The first-order chi connectivity index (χ1) is 14.8. The Labute approximate surface area is 179 Å². The van der Waals surface area contributed by atoms with Crippen LogP contribution in [0.15, 0.2) is 35.7 Å². The van der Waals surface area contributed by atoms with E-state index in [2.05, 4.69) is 17.1 Å². The van der Waals surface area contributed by atoms with Gasteiger partial charge in [-0.1, -0.05) is 30.3 Å². The first kappa shape index (κ1) is 19.4. The zero-order chi connectivity index (χ0) is 20.3. The van der Waals surface area contributed by atoms with Crippen LogP contribution >= 0.6 is 11.3 Å². The van der Waals surface area contributed by atoms with Gasteiger partial charge in [0.1, 0.15) is 11.5 Å². The van der Waals surface area contributed by atoms with Crippen LogP contribution in [0.1, 0.15) is 51.5 Å². The molecule has 0 unspecified atom stereocenters. The maximum Gasteiger partial charge on any atom is 0.273 e. The highest BCUT2D eigenvalue weighted by molar-refractivity contribution is 7.09. The Hall–Kier alpha value is -2.58. The Morgan fingerprint density at radius 1 is 1.10 bits per heavy atom. The molecule has 156 valence electrons. The third kappa shape index (κ3) is 4.15. The maximum atomic E-state index is 13.0. The van der Waals surface area contributed by atoms with E-state index in [0.29, 0.717) is 31.2 Å². The van der Waals surface area contributed by atoms with Gasteiger partial charge < -0.3 is 9.64 Å². The van der Waals surface area contributed by atoms with Crippen molar-refractivity contribution in [1.29, 1.82) is 0 Å². The van der Waals surface area contributed by atoms with Crippen LogP contribution in [-0.4, -0.2) is 56.9 Å². The summed E-state index contributed by atoms with van der Waals surface area (Å²) in [5.74, 6) is 2.32. The molecule has 2 aromatic heterocycles. The summed E-state index contributed by atoms with van der Waals surface area (Å²) < 4.78 is 7.44. The summed E-state index contributed by atoms with van der Waals surface area (Å²) in [6.07, 6.45) is 3.46. The lowest BCUT2D eigenvalue weighted by Crippen LogP contribution is -2.34. The Balaban J connectivity index is 1.22. The standard InChI is InChI=1S/C22H25N5O2S/c28-22(18-15-30-20(23-18)14-16-4-2-1-3-5-16)26-9-6-19-24-21(25-27(19)11-10-26)17-7-12-29-13-8-17/h1-5,15,17H,6-14H2. The van der Waals surface area contributed by atoms with Crippen molar-refractivity contribution in [3.8, 4) is 0 Å². The molecule has 1 aromatic carbocycles. The number of fused-ring (bicyclic) bond motifs is 1. The van der Waals surface area contributed by atoms with E-state index in [1.165, 1.54) is 5.56 Å². The molecule has 0 bridgehead atoms. The fraction of sp³-hybridized carbons (Fsp3) is 0.455. The lowest BCUT2D eigenvalue weighted by Gasteiger charge is -2.20. The molecule has 0 aliphatic carbocycles. The van der Waals surface area contributed by atoms with Crippen molar-refractivity contribution < 1.29 is 9.53 Å². The van der Waals surface area contributed by atoms with Crippen LogP contribution in [0, 0.1) is 0 Å². The topological polar surface area (TPSA) is 73.1 Å². The van der Waals surface area contributed by atoms with Gasteiger partial charge in [0.05, 0.1) is 11.6 Å². The lowest BCUT2D eigenvalue weighted by molar-refractivity contribution is 0.0751. The SMILES string of the molecule is O=C(c1csc(Cc2ccccc2)n1)N1CCc2nc(C3CCOCC3)nn2CC1. The molecule has 8 heteroatoms. The van der Waals surface area contributed by atoms with Gasteiger partial charge in [0.2, 0.25) is 0 Å². The fourth-order valence-corrected chi connectivity index (χ4v) is 4.88. The minimum absolute atomic E-state index is 0.000896. The number of amides is 1. The molecule has 0 atom stereocenters. The van der Waals surface area contributed by atoms with E-state index in [0.717, 1.165) is 55.6 Å². The van der Waals surface area contributed by atoms with Crippen LogP contribution in [0.25, 0.3) is 0 Å². The van der Waals surface area contributed by atoms with Crippen LogP contribution in [0.2, 0.25) is 0 Å². The Morgan fingerprint density at radius 2 is 1.93 bits per heavy atom. The molecule has 2 aliphatic rings. The van der Waals surface area contributed by atoms with Gasteiger partial charge in [0.25, 0.3) is 5.91 Å². The Bertz CT molecular complexity index is 984. The zero-order valence-corrected chi connectivity index (χ0v) is 17.7. The van der Waals surface area contributed by atoms with Crippen molar-refractivity contribution in [2.24, 2.45) is 0 Å². The Kier molecular flexibility index (Phi) is 5.59. The van der Waals surface area contributed by atoms with Gasteiger partial charge in [-0.15, -0.1) is 11.3 Å². The van der Waals surface area contributed by atoms with E-state index in [9.17, 15) is 4.79 Å². The van der Waals surface area contributed by atoms with E-state index in [-0.39, 0.29) is 5.91 Å². The quantitative estimate of drug-likeness (QED) is 0.645.